The van der Waals surface area contributed by atoms with Gasteiger partial charge in [0.1, 0.15) is 6.04 Å². The highest BCUT2D eigenvalue weighted by Crippen LogP contribution is 2.20. The summed E-state index contributed by atoms with van der Waals surface area (Å²) in [4.78, 5) is 28.4. The van der Waals surface area contributed by atoms with Crippen molar-refractivity contribution in [2.45, 2.75) is 31.9 Å². The van der Waals surface area contributed by atoms with Gasteiger partial charge >= 0.3 is 5.97 Å². The number of aliphatic carboxylic acids is 1. The van der Waals surface area contributed by atoms with Crippen LogP contribution >= 0.6 is 11.3 Å². The predicted molar refractivity (Wildman–Crippen MR) is 64.3 cm³/mol. The second kappa shape index (κ2) is 5.03. The lowest BCUT2D eigenvalue weighted by atomic mass is 10.2. The number of rotatable bonds is 3. The number of aryl methyl sites for hydroxylation is 1. The van der Waals surface area contributed by atoms with Crippen LogP contribution in [-0.4, -0.2) is 50.7 Å². The minimum Gasteiger partial charge on any atom is -0.480 e. The number of carboxylic acids is 1. The summed E-state index contributed by atoms with van der Waals surface area (Å²) in [6.07, 6.45) is -0.579. The third kappa shape index (κ3) is 2.68. The molecule has 6 nitrogen and oxygen atoms in total. The molecule has 0 radical (unpaired) electrons. The molecule has 7 heteroatoms. The van der Waals surface area contributed by atoms with E-state index >= 15 is 0 Å². The Hall–Kier alpha value is -1.47. The highest BCUT2D eigenvalue weighted by molar-refractivity contribution is 7.09. The Kier molecular flexibility index (Phi) is 3.63. The molecule has 18 heavy (non-hydrogen) atoms. The van der Waals surface area contributed by atoms with Crippen LogP contribution in [0.15, 0.2) is 5.38 Å². The summed E-state index contributed by atoms with van der Waals surface area (Å²) in [5.74, 6) is -1.38. The van der Waals surface area contributed by atoms with Crippen LogP contribution in [0.25, 0.3) is 0 Å². The van der Waals surface area contributed by atoms with Gasteiger partial charge in [-0.15, -0.1) is 11.3 Å². The summed E-state index contributed by atoms with van der Waals surface area (Å²) < 4.78 is 0. The summed E-state index contributed by atoms with van der Waals surface area (Å²) in [5, 5.41) is 21.1. The molecule has 2 rings (SSSR count). The first-order chi connectivity index (χ1) is 8.47. The van der Waals surface area contributed by atoms with Gasteiger partial charge in [0, 0.05) is 18.3 Å². The van der Waals surface area contributed by atoms with Crippen molar-refractivity contribution in [1.29, 1.82) is 0 Å². The zero-order valence-electron chi connectivity index (χ0n) is 9.87. The number of thiazole rings is 1. The lowest BCUT2D eigenvalue weighted by molar-refractivity contribution is -0.148. The van der Waals surface area contributed by atoms with Gasteiger partial charge in [0.15, 0.2) is 0 Å². The number of nitrogens with zero attached hydrogens (tertiary/aromatic N) is 2. The highest BCUT2D eigenvalue weighted by atomic mass is 32.1. The maximum Gasteiger partial charge on any atom is 0.326 e. The number of carbonyl (C=O) groups is 2. The first kappa shape index (κ1) is 13.0. The third-order valence-corrected chi connectivity index (χ3v) is 3.71. The number of hydrogen-bond donors (Lipinski definition) is 2. The standard InChI is InChI=1S/C11H14N2O4S/c1-6-12-7(5-18-6)2-10(15)13-4-8(14)3-9(13)11(16)17/h5,8-9,14H,2-4H2,1H3,(H,16,17)/t8-,9+/m1/s1. The molecule has 2 heterocycles. The number of hydrogen-bond acceptors (Lipinski definition) is 5. The summed E-state index contributed by atoms with van der Waals surface area (Å²) >= 11 is 1.45. The molecule has 2 N–H and O–H groups in total. The predicted octanol–water partition coefficient (Wildman–Crippen LogP) is 0.0404. The van der Waals surface area contributed by atoms with E-state index < -0.39 is 18.1 Å². The highest BCUT2D eigenvalue weighted by Gasteiger charge is 2.38. The summed E-state index contributed by atoms with van der Waals surface area (Å²) in [5.41, 5.74) is 0.646. The topological polar surface area (TPSA) is 90.7 Å². The Morgan fingerprint density at radius 1 is 1.61 bits per heavy atom. The van der Waals surface area contributed by atoms with Crippen molar-refractivity contribution in [2.75, 3.05) is 6.54 Å². The van der Waals surface area contributed by atoms with Crippen molar-refractivity contribution in [2.24, 2.45) is 0 Å². The van der Waals surface area contributed by atoms with Crippen LogP contribution in [0.5, 0.6) is 0 Å². The summed E-state index contributed by atoms with van der Waals surface area (Å²) in [6, 6.07) is -0.924. The number of carboxylic acid groups (broad SMARTS) is 1. The van der Waals surface area contributed by atoms with Gasteiger partial charge in [0.2, 0.25) is 5.91 Å². The minimum atomic E-state index is -1.07. The minimum absolute atomic E-state index is 0.0823. The van der Waals surface area contributed by atoms with Gasteiger partial charge in [0.05, 0.1) is 23.2 Å². The van der Waals surface area contributed by atoms with Gasteiger partial charge in [-0.1, -0.05) is 0 Å². The van der Waals surface area contributed by atoms with Gasteiger partial charge in [-0.05, 0) is 6.92 Å². The molecule has 0 aliphatic carbocycles. The monoisotopic (exact) mass is 270 g/mol. The third-order valence-electron chi connectivity index (χ3n) is 2.88. The molecule has 1 aromatic rings. The van der Waals surface area contributed by atoms with Crippen molar-refractivity contribution in [3.05, 3.63) is 16.1 Å². The number of aliphatic hydroxyl groups excluding tert-OH is 1. The molecule has 0 saturated carbocycles. The fraction of sp³-hybridized carbons (Fsp3) is 0.545. The molecule has 0 unspecified atom stereocenters. The number of β-amino-alcohol motifs (C(OH)–C–C–N with tert-alkyl or cyclic N) is 1. The van der Waals surface area contributed by atoms with Crippen LogP contribution in [0.2, 0.25) is 0 Å². The van der Waals surface area contributed by atoms with Crippen LogP contribution in [0, 0.1) is 6.92 Å². The Balaban J connectivity index is 2.06. The van der Waals surface area contributed by atoms with E-state index in [0.717, 1.165) is 5.01 Å². The zero-order valence-corrected chi connectivity index (χ0v) is 10.7. The average molecular weight is 270 g/mol. The van der Waals surface area contributed by atoms with Gasteiger partial charge in [-0.2, -0.15) is 0 Å². The molecular weight excluding hydrogens is 256 g/mol. The van der Waals surface area contributed by atoms with E-state index in [0.29, 0.717) is 5.69 Å². The van der Waals surface area contributed by atoms with Crippen molar-refractivity contribution < 1.29 is 19.8 Å². The quantitative estimate of drug-likeness (QED) is 0.809. The molecule has 1 amide bonds. The van der Waals surface area contributed by atoms with Crippen molar-refractivity contribution in [3.63, 3.8) is 0 Å². The number of carbonyl (C=O) groups excluding carboxylic acids is 1. The van der Waals surface area contributed by atoms with Crippen LogP contribution in [0.1, 0.15) is 17.1 Å². The summed E-state index contributed by atoms with van der Waals surface area (Å²) in [7, 11) is 0. The molecule has 1 saturated heterocycles. The Morgan fingerprint density at radius 2 is 2.33 bits per heavy atom. The largest absolute Gasteiger partial charge is 0.480 e. The van der Waals surface area contributed by atoms with Crippen molar-refractivity contribution in [3.8, 4) is 0 Å². The normalized spacial score (nSPS) is 23.3. The maximum absolute atomic E-state index is 12.0. The molecule has 1 aliphatic heterocycles. The van der Waals surface area contributed by atoms with E-state index in [9.17, 15) is 14.7 Å². The van der Waals surface area contributed by atoms with Crippen LogP contribution in [0.3, 0.4) is 0 Å². The number of aromatic nitrogens is 1. The smallest absolute Gasteiger partial charge is 0.326 e. The van der Waals surface area contributed by atoms with Gasteiger partial charge in [-0.25, -0.2) is 9.78 Å². The first-order valence-electron chi connectivity index (χ1n) is 5.58. The SMILES string of the molecule is Cc1nc(CC(=O)N2C[C@H](O)C[C@H]2C(=O)O)cs1. The van der Waals surface area contributed by atoms with Crippen LogP contribution < -0.4 is 0 Å². The fourth-order valence-corrected chi connectivity index (χ4v) is 2.68. The van der Waals surface area contributed by atoms with E-state index in [1.54, 1.807) is 5.38 Å². The molecular formula is C11H14N2O4S. The van der Waals surface area contributed by atoms with Crippen LogP contribution in [0.4, 0.5) is 0 Å². The fourth-order valence-electron chi connectivity index (χ4n) is 2.07. The second-order valence-corrected chi connectivity index (χ2v) is 5.39. The molecule has 0 spiro atoms. The van der Waals surface area contributed by atoms with Gasteiger partial charge in [0.25, 0.3) is 0 Å². The van der Waals surface area contributed by atoms with Crippen LogP contribution in [-0.2, 0) is 16.0 Å². The Labute approximate surface area is 108 Å². The second-order valence-electron chi connectivity index (χ2n) is 4.32. The number of likely N-dealkylation sites (tertiary alicyclic amines) is 1. The molecule has 2 atom stereocenters. The van der Waals surface area contributed by atoms with E-state index in [4.69, 9.17) is 5.11 Å². The molecule has 0 bridgehead atoms. The molecule has 98 valence electrons. The van der Waals surface area contributed by atoms with E-state index in [2.05, 4.69) is 4.98 Å². The average Bonchev–Trinajstić information content (AvgIpc) is 2.85. The van der Waals surface area contributed by atoms with E-state index in [1.165, 1.54) is 16.2 Å². The number of aliphatic hydroxyl groups is 1. The first-order valence-corrected chi connectivity index (χ1v) is 6.46. The molecule has 0 aromatic carbocycles. The number of amides is 1. The van der Waals surface area contributed by atoms with Crippen molar-refractivity contribution in [1.82, 2.24) is 9.88 Å². The van der Waals surface area contributed by atoms with Gasteiger partial charge in [-0.3, -0.25) is 4.79 Å². The van der Waals surface area contributed by atoms with Crippen molar-refractivity contribution >= 4 is 23.2 Å². The molecule has 1 aliphatic rings. The lowest BCUT2D eigenvalue weighted by Crippen LogP contribution is -2.41. The van der Waals surface area contributed by atoms with Gasteiger partial charge < -0.3 is 15.1 Å². The Morgan fingerprint density at radius 3 is 2.89 bits per heavy atom. The maximum atomic E-state index is 12.0. The zero-order chi connectivity index (χ0) is 13.3. The van der Waals surface area contributed by atoms with E-state index in [-0.39, 0.29) is 25.3 Å². The Bertz CT molecular complexity index is 473. The van der Waals surface area contributed by atoms with E-state index in [1.807, 2.05) is 6.92 Å². The molecule has 1 aromatic heterocycles. The summed E-state index contributed by atoms with van der Waals surface area (Å²) in [6.45, 7) is 1.93. The molecule has 1 fully saturated rings. The lowest BCUT2D eigenvalue weighted by Gasteiger charge is -2.20.